The lowest BCUT2D eigenvalue weighted by Crippen LogP contribution is -2.32. The van der Waals surface area contributed by atoms with E-state index in [0.29, 0.717) is 17.4 Å². The summed E-state index contributed by atoms with van der Waals surface area (Å²) < 4.78 is 0. The van der Waals surface area contributed by atoms with E-state index in [4.69, 9.17) is 23.2 Å². The molecule has 104 valence electrons. The Morgan fingerprint density at radius 2 is 2.00 bits per heavy atom. The van der Waals surface area contributed by atoms with Gasteiger partial charge in [-0.05, 0) is 42.9 Å². The van der Waals surface area contributed by atoms with Gasteiger partial charge >= 0.3 is 0 Å². The van der Waals surface area contributed by atoms with E-state index in [0.717, 1.165) is 24.9 Å². The third kappa shape index (κ3) is 5.04. The summed E-state index contributed by atoms with van der Waals surface area (Å²) in [6.07, 6.45) is 4.88. The van der Waals surface area contributed by atoms with Crippen molar-refractivity contribution in [2.45, 2.75) is 37.5 Å². The van der Waals surface area contributed by atoms with E-state index < -0.39 is 0 Å². The fourth-order valence-corrected chi connectivity index (χ4v) is 3.05. The van der Waals surface area contributed by atoms with Gasteiger partial charge < -0.3 is 5.32 Å². The van der Waals surface area contributed by atoms with Crippen molar-refractivity contribution in [2.24, 2.45) is 5.92 Å². The molecule has 19 heavy (non-hydrogen) atoms. The topological polar surface area (TPSA) is 29.1 Å². The van der Waals surface area contributed by atoms with Crippen molar-refractivity contribution >= 4 is 29.1 Å². The maximum Gasteiger partial charge on any atom is 0.224 e. The Morgan fingerprint density at radius 1 is 1.26 bits per heavy atom. The molecule has 0 radical (unpaired) electrons. The molecule has 2 rings (SSSR count). The minimum Gasteiger partial charge on any atom is -0.356 e. The van der Waals surface area contributed by atoms with E-state index >= 15 is 0 Å². The average Bonchev–Trinajstić information content (AvgIpc) is 2.39. The van der Waals surface area contributed by atoms with Crippen LogP contribution in [0.2, 0.25) is 5.02 Å². The van der Waals surface area contributed by atoms with Gasteiger partial charge in [-0.25, -0.2) is 0 Å². The zero-order valence-electron chi connectivity index (χ0n) is 10.9. The number of hydrogen-bond donors (Lipinski definition) is 1. The molecule has 0 heterocycles. The van der Waals surface area contributed by atoms with E-state index in [1.807, 2.05) is 24.3 Å². The van der Waals surface area contributed by atoms with Crippen LogP contribution in [0.5, 0.6) is 0 Å². The second kappa shape index (κ2) is 7.16. The Labute approximate surface area is 124 Å². The minimum atomic E-state index is 0.0685. The number of carbonyl (C=O) groups is 1. The summed E-state index contributed by atoms with van der Waals surface area (Å²) in [4.78, 5) is 11.8. The molecule has 1 aromatic carbocycles. The maximum absolute atomic E-state index is 11.8. The van der Waals surface area contributed by atoms with E-state index in [1.54, 1.807) is 0 Å². The van der Waals surface area contributed by atoms with Crippen LogP contribution in [0.3, 0.4) is 0 Å². The molecule has 0 aromatic heterocycles. The van der Waals surface area contributed by atoms with Gasteiger partial charge in [0, 0.05) is 16.9 Å². The Kier molecular flexibility index (Phi) is 5.53. The second-order valence-electron chi connectivity index (χ2n) is 5.24. The highest BCUT2D eigenvalue weighted by atomic mass is 35.5. The largest absolute Gasteiger partial charge is 0.356 e. The Bertz CT molecular complexity index is 419. The molecule has 0 bridgehead atoms. The van der Waals surface area contributed by atoms with E-state index in [2.05, 4.69) is 5.32 Å². The molecule has 0 spiro atoms. The number of halogens is 2. The van der Waals surface area contributed by atoms with E-state index in [1.165, 1.54) is 12.8 Å². The zero-order valence-corrected chi connectivity index (χ0v) is 12.4. The average molecular weight is 300 g/mol. The normalized spacial score (nSPS) is 23.1. The molecule has 4 heteroatoms. The van der Waals surface area contributed by atoms with Crippen LogP contribution < -0.4 is 5.32 Å². The standard InChI is InChI=1S/C15H19Cl2NO/c16-13-6-4-11(5-7-13)9-15(19)18-10-12-2-1-3-14(17)8-12/h4-7,12,14H,1-3,8-10H2,(H,18,19). The van der Waals surface area contributed by atoms with Crippen molar-refractivity contribution in [1.82, 2.24) is 5.32 Å². The summed E-state index contributed by atoms with van der Waals surface area (Å²) in [7, 11) is 0. The monoisotopic (exact) mass is 299 g/mol. The smallest absolute Gasteiger partial charge is 0.224 e. The Morgan fingerprint density at radius 3 is 2.68 bits per heavy atom. The van der Waals surface area contributed by atoms with Gasteiger partial charge in [-0.1, -0.05) is 30.2 Å². The van der Waals surface area contributed by atoms with Crippen LogP contribution in [-0.4, -0.2) is 17.8 Å². The summed E-state index contributed by atoms with van der Waals surface area (Å²) in [6, 6.07) is 7.39. The van der Waals surface area contributed by atoms with Crippen LogP contribution in [-0.2, 0) is 11.2 Å². The lowest BCUT2D eigenvalue weighted by Gasteiger charge is -2.25. The number of alkyl halides is 1. The van der Waals surface area contributed by atoms with Gasteiger partial charge in [0.2, 0.25) is 5.91 Å². The van der Waals surface area contributed by atoms with E-state index in [9.17, 15) is 4.79 Å². The first-order valence-corrected chi connectivity index (χ1v) is 7.60. The number of carbonyl (C=O) groups excluding carboxylic acids is 1. The SMILES string of the molecule is O=C(Cc1ccc(Cl)cc1)NCC1CCCC(Cl)C1. The van der Waals surface area contributed by atoms with Gasteiger partial charge in [-0.15, -0.1) is 11.6 Å². The summed E-state index contributed by atoms with van der Waals surface area (Å²) in [5, 5.41) is 3.98. The predicted molar refractivity (Wildman–Crippen MR) is 79.8 cm³/mol. The Balaban J connectivity index is 1.73. The van der Waals surface area contributed by atoms with Gasteiger partial charge in [0.15, 0.2) is 0 Å². The van der Waals surface area contributed by atoms with Gasteiger partial charge in [-0.3, -0.25) is 4.79 Å². The van der Waals surface area contributed by atoms with E-state index in [-0.39, 0.29) is 11.3 Å². The highest BCUT2D eigenvalue weighted by Gasteiger charge is 2.20. The molecule has 1 aliphatic carbocycles. The first-order valence-electron chi connectivity index (χ1n) is 6.78. The van der Waals surface area contributed by atoms with Gasteiger partial charge in [0.1, 0.15) is 0 Å². The summed E-state index contributed by atoms with van der Waals surface area (Å²) in [5.41, 5.74) is 0.987. The number of hydrogen-bond acceptors (Lipinski definition) is 1. The van der Waals surface area contributed by atoms with Crippen molar-refractivity contribution in [1.29, 1.82) is 0 Å². The fraction of sp³-hybridized carbons (Fsp3) is 0.533. The molecule has 2 nitrogen and oxygen atoms in total. The fourth-order valence-electron chi connectivity index (χ4n) is 2.52. The molecule has 0 saturated heterocycles. The minimum absolute atomic E-state index is 0.0685. The first kappa shape index (κ1) is 14.7. The molecule has 1 fully saturated rings. The van der Waals surface area contributed by atoms with Crippen molar-refractivity contribution in [3.05, 3.63) is 34.9 Å². The summed E-state index contributed by atoms with van der Waals surface area (Å²) in [5.74, 6) is 0.601. The third-order valence-corrected chi connectivity index (χ3v) is 4.23. The highest BCUT2D eigenvalue weighted by molar-refractivity contribution is 6.30. The van der Waals surface area contributed by atoms with Crippen LogP contribution in [0, 0.1) is 5.92 Å². The molecule has 1 aliphatic rings. The van der Waals surface area contributed by atoms with Crippen LogP contribution in [0.1, 0.15) is 31.2 Å². The molecule has 2 unspecified atom stereocenters. The zero-order chi connectivity index (χ0) is 13.7. The first-order chi connectivity index (χ1) is 9.13. The van der Waals surface area contributed by atoms with Crippen molar-refractivity contribution in [3.63, 3.8) is 0 Å². The van der Waals surface area contributed by atoms with Gasteiger partial charge in [0.05, 0.1) is 6.42 Å². The Hall–Kier alpha value is -0.730. The summed E-state index contributed by atoms with van der Waals surface area (Å²) >= 11 is 12.0. The highest BCUT2D eigenvalue weighted by Crippen LogP contribution is 2.27. The molecule has 1 N–H and O–H groups in total. The van der Waals surface area contributed by atoms with Crippen molar-refractivity contribution < 1.29 is 4.79 Å². The molecular formula is C15H19Cl2NO. The predicted octanol–water partition coefficient (Wildman–Crippen LogP) is 3.80. The molecular weight excluding hydrogens is 281 g/mol. The third-order valence-electron chi connectivity index (χ3n) is 3.58. The van der Waals surface area contributed by atoms with Crippen molar-refractivity contribution in [2.75, 3.05) is 6.54 Å². The molecule has 1 saturated carbocycles. The van der Waals surface area contributed by atoms with Crippen LogP contribution in [0.15, 0.2) is 24.3 Å². The number of nitrogens with one attached hydrogen (secondary N) is 1. The number of benzene rings is 1. The molecule has 1 aromatic rings. The number of rotatable bonds is 4. The van der Waals surface area contributed by atoms with Gasteiger partial charge in [-0.2, -0.15) is 0 Å². The molecule has 1 amide bonds. The van der Waals surface area contributed by atoms with Crippen LogP contribution >= 0.6 is 23.2 Å². The van der Waals surface area contributed by atoms with Crippen molar-refractivity contribution in [3.8, 4) is 0 Å². The molecule has 0 aliphatic heterocycles. The lowest BCUT2D eigenvalue weighted by atomic mass is 9.89. The lowest BCUT2D eigenvalue weighted by molar-refractivity contribution is -0.120. The van der Waals surface area contributed by atoms with Crippen LogP contribution in [0.4, 0.5) is 0 Å². The quantitative estimate of drug-likeness (QED) is 0.842. The molecule has 2 atom stereocenters. The number of amides is 1. The van der Waals surface area contributed by atoms with Gasteiger partial charge in [0.25, 0.3) is 0 Å². The van der Waals surface area contributed by atoms with Crippen LogP contribution in [0.25, 0.3) is 0 Å². The second-order valence-corrected chi connectivity index (χ2v) is 6.29. The summed E-state index contributed by atoms with van der Waals surface area (Å²) in [6.45, 7) is 0.746. The maximum atomic E-state index is 11.8.